The minimum Gasteiger partial charge on any atom is -0.208 e. The fraction of sp³-hybridized carbons (Fsp3) is 0.0426. The number of fused-ring (bicyclic) bond motifs is 3. The van der Waals surface area contributed by atoms with Gasteiger partial charge in [0.1, 0.15) is 0 Å². The summed E-state index contributed by atoms with van der Waals surface area (Å²) >= 11 is 0. The average Bonchev–Trinajstić information content (AvgIpc) is 3.49. The lowest BCUT2D eigenvalue weighted by Gasteiger charge is -2.32. The van der Waals surface area contributed by atoms with Crippen molar-refractivity contribution < 1.29 is 0 Å². The highest BCUT2D eigenvalue weighted by atomic mass is 28.3. The molecule has 0 atom stereocenters. The van der Waals surface area contributed by atoms with Crippen molar-refractivity contribution in [2.45, 2.75) is 13.8 Å². The Morgan fingerprint density at radius 2 is 0.784 bits per heavy atom. The van der Waals surface area contributed by atoms with E-state index in [1.165, 1.54) is 43.0 Å². The summed E-state index contributed by atoms with van der Waals surface area (Å²) in [5, 5.41) is 5.64. The lowest BCUT2D eigenvalue weighted by Crippen LogP contribution is -2.72. The molecule has 0 saturated carbocycles. The number of hydrogen-bond donors (Lipinski definition) is 0. The number of hydrogen-bond acceptors (Lipinski definition) is 3. The van der Waals surface area contributed by atoms with Crippen molar-refractivity contribution in [3.05, 3.63) is 187 Å². The van der Waals surface area contributed by atoms with Crippen molar-refractivity contribution in [3.63, 3.8) is 0 Å². The van der Waals surface area contributed by atoms with Crippen LogP contribution in [0.4, 0.5) is 0 Å². The summed E-state index contributed by atoms with van der Waals surface area (Å²) in [5.74, 6) is 1.97. The van der Waals surface area contributed by atoms with Gasteiger partial charge in [-0.25, -0.2) is 15.0 Å². The zero-order valence-corrected chi connectivity index (χ0v) is 29.6. The Bertz CT molecular complexity index is 2420. The van der Waals surface area contributed by atoms with E-state index in [0.29, 0.717) is 17.5 Å². The third-order valence-corrected chi connectivity index (χ3v) is 15.1. The Kier molecular flexibility index (Phi) is 7.60. The molecule has 0 radical (unpaired) electrons. The Labute approximate surface area is 300 Å². The summed E-state index contributed by atoms with van der Waals surface area (Å²) in [6.45, 7) is 4.34. The van der Waals surface area contributed by atoms with Crippen LogP contribution in [0.25, 0.3) is 56.4 Å². The van der Waals surface area contributed by atoms with Gasteiger partial charge in [0.2, 0.25) is 0 Å². The first-order chi connectivity index (χ1) is 25.1. The molecule has 51 heavy (non-hydrogen) atoms. The standard InChI is InChI=1S/C47H35N3Si/c1-32-21-26-37(27-22-32)51(38-28-23-33(2)24-29-38)43-20-12-11-18-40(43)41-30-25-36(31-44(41)51)39-17-9-10-19-42(39)47-49-45(34-13-5-3-6-14-34)48-46(50-47)35-15-7-4-8-16-35/h3-31H,1-2H3. The smallest absolute Gasteiger partial charge is 0.180 e. The summed E-state index contributed by atoms with van der Waals surface area (Å²) in [6, 6.07) is 63.6. The average molecular weight is 670 g/mol. The molecule has 0 fully saturated rings. The van der Waals surface area contributed by atoms with E-state index in [4.69, 9.17) is 15.0 Å². The largest absolute Gasteiger partial charge is 0.208 e. The van der Waals surface area contributed by atoms with Crippen LogP contribution in [0, 0.1) is 13.8 Å². The summed E-state index contributed by atoms with van der Waals surface area (Å²) < 4.78 is 0. The number of benzene rings is 7. The second-order valence-electron chi connectivity index (χ2n) is 13.4. The molecule has 1 aliphatic rings. The van der Waals surface area contributed by atoms with Gasteiger partial charge in [-0.3, -0.25) is 0 Å². The quantitative estimate of drug-likeness (QED) is 0.167. The van der Waals surface area contributed by atoms with Gasteiger partial charge >= 0.3 is 0 Å². The van der Waals surface area contributed by atoms with Crippen molar-refractivity contribution in [2.75, 3.05) is 0 Å². The van der Waals surface area contributed by atoms with Crippen LogP contribution in [0.15, 0.2) is 176 Å². The fourth-order valence-electron chi connectivity index (χ4n) is 7.70. The molecule has 1 aromatic heterocycles. The summed E-state index contributed by atoms with van der Waals surface area (Å²) in [5.41, 5.74) is 10.3. The van der Waals surface area contributed by atoms with Gasteiger partial charge in [0, 0.05) is 16.7 Å². The Hall–Kier alpha value is -6.23. The van der Waals surface area contributed by atoms with E-state index in [1.54, 1.807) is 0 Å². The molecule has 0 saturated heterocycles. The Balaban J connectivity index is 1.28. The minimum atomic E-state index is -2.68. The minimum absolute atomic E-state index is 0.655. The van der Waals surface area contributed by atoms with Crippen LogP contribution in [0.1, 0.15) is 11.1 Å². The van der Waals surface area contributed by atoms with Gasteiger partial charge in [-0.2, -0.15) is 0 Å². The molecule has 0 amide bonds. The van der Waals surface area contributed by atoms with Crippen molar-refractivity contribution in [2.24, 2.45) is 0 Å². The van der Waals surface area contributed by atoms with E-state index < -0.39 is 8.07 Å². The SMILES string of the molecule is Cc1ccc([Si]2(c3ccc(C)cc3)c3ccccc3-c3ccc(-c4ccccc4-c4nc(-c5ccccc5)nc(-c5ccccc5)n4)cc32)cc1. The zero-order chi connectivity index (χ0) is 34.4. The van der Waals surface area contributed by atoms with Gasteiger partial charge < -0.3 is 0 Å². The van der Waals surface area contributed by atoms with Crippen LogP contribution >= 0.6 is 0 Å². The van der Waals surface area contributed by atoms with Gasteiger partial charge in [0.25, 0.3) is 0 Å². The van der Waals surface area contributed by atoms with E-state index in [0.717, 1.165) is 27.8 Å². The second kappa shape index (κ2) is 12.6. The molecule has 4 heteroatoms. The first-order valence-electron chi connectivity index (χ1n) is 17.4. The van der Waals surface area contributed by atoms with E-state index in [-0.39, 0.29) is 0 Å². The Morgan fingerprint density at radius 1 is 0.333 bits per heavy atom. The summed E-state index contributed by atoms with van der Waals surface area (Å²) in [4.78, 5) is 15.2. The number of rotatable bonds is 6. The fourth-order valence-corrected chi connectivity index (χ4v) is 12.9. The maximum atomic E-state index is 5.12. The van der Waals surface area contributed by atoms with Crippen LogP contribution in [0.3, 0.4) is 0 Å². The van der Waals surface area contributed by atoms with Crippen LogP contribution in [0.5, 0.6) is 0 Å². The number of aryl methyl sites for hydroxylation is 2. The highest BCUT2D eigenvalue weighted by Gasteiger charge is 2.48. The Morgan fingerprint density at radius 3 is 1.35 bits per heavy atom. The molecule has 7 aromatic carbocycles. The molecule has 1 aliphatic heterocycles. The molecule has 8 aromatic rings. The molecular weight excluding hydrogens is 635 g/mol. The van der Waals surface area contributed by atoms with E-state index in [9.17, 15) is 0 Å². The molecule has 0 unspecified atom stereocenters. The summed E-state index contributed by atoms with van der Waals surface area (Å²) in [7, 11) is -2.68. The molecule has 0 bridgehead atoms. The summed E-state index contributed by atoms with van der Waals surface area (Å²) in [6.07, 6.45) is 0. The molecule has 0 aliphatic carbocycles. The molecule has 0 N–H and O–H groups in total. The molecule has 242 valence electrons. The van der Waals surface area contributed by atoms with Gasteiger partial charge in [0.15, 0.2) is 25.5 Å². The predicted octanol–water partition coefficient (Wildman–Crippen LogP) is 8.51. The maximum Gasteiger partial charge on any atom is 0.180 e. The van der Waals surface area contributed by atoms with Crippen LogP contribution in [-0.2, 0) is 0 Å². The van der Waals surface area contributed by atoms with Crippen molar-refractivity contribution in [1.29, 1.82) is 0 Å². The molecule has 3 nitrogen and oxygen atoms in total. The van der Waals surface area contributed by atoms with Gasteiger partial charge in [-0.1, -0.05) is 187 Å². The molecule has 0 spiro atoms. The van der Waals surface area contributed by atoms with E-state index in [2.05, 4.69) is 153 Å². The first-order valence-corrected chi connectivity index (χ1v) is 19.4. The van der Waals surface area contributed by atoms with Crippen molar-refractivity contribution in [1.82, 2.24) is 15.0 Å². The molecular formula is C47H35N3Si. The monoisotopic (exact) mass is 669 g/mol. The van der Waals surface area contributed by atoms with Crippen LogP contribution < -0.4 is 20.7 Å². The third-order valence-electron chi connectivity index (χ3n) is 10.2. The topological polar surface area (TPSA) is 38.7 Å². The van der Waals surface area contributed by atoms with E-state index >= 15 is 0 Å². The van der Waals surface area contributed by atoms with Crippen molar-refractivity contribution >= 4 is 28.8 Å². The maximum absolute atomic E-state index is 5.12. The van der Waals surface area contributed by atoms with Crippen molar-refractivity contribution in [3.8, 4) is 56.4 Å². The van der Waals surface area contributed by atoms with Gasteiger partial charge in [-0.05, 0) is 56.8 Å². The molecule has 2 heterocycles. The zero-order valence-electron chi connectivity index (χ0n) is 28.6. The third kappa shape index (κ3) is 5.23. The highest BCUT2D eigenvalue weighted by Crippen LogP contribution is 2.36. The predicted molar refractivity (Wildman–Crippen MR) is 214 cm³/mol. The second-order valence-corrected chi connectivity index (χ2v) is 17.1. The van der Waals surface area contributed by atoms with Crippen LogP contribution in [-0.4, -0.2) is 23.0 Å². The normalized spacial score (nSPS) is 12.7. The molecule has 9 rings (SSSR count). The number of nitrogens with zero attached hydrogens (tertiary/aromatic N) is 3. The van der Waals surface area contributed by atoms with Gasteiger partial charge in [-0.15, -0.1) is 0 Å². The first kappa shape index (κ1) is 30.8. The number of aromatic nitrogens is 3. The highest BCUT2D eigenvalue weighted by molar-refractivity contribution is 7.22. The van der Waals surface area contributed by atoms with E-state index in [1.807, 2.05) is 36.4 Å². The lowest BCUT2D eigenvalue weighted by atomic mass is 9.96. The lowest BCUT2D eigenvalue weighted by molar-refractivity contribution is 1.07. The van der Waals surface area contributed by atoms with Crippen LogP contribution in [0.2, 0.25) is 0 Å². The van der Waals surface area contributed by atoms with Gasteiger partial charge in [0.05, 0.1) is 0 Å².